The van der Waals surface area contributed by atoms with E-state index in [0.717, 1.165) is 0 Å². The molecule has 266 valence electrons. The molecule has 0 amide bonds. The van der Waals surface area contributed by atoms with E-state index in [1.165, 1.54) is 97.1 Å². The van der Waals surface area contributed by atoms with E-state index in [1.54, 1.807) is 24.3 Å². The molecule has 5 rings (SSSR count). The van der Waals surface area contributed by atoms with Crippen molar-refractivity contribution < 1.29 is 68.6 Å². The molecular formula is C35H27F3O12S. The highest BCUT2D eigenvalue weighted by Gasteiger charge is 2.58. The number of esters is 4. The first-order chi connectivity index (χ1) is 24.3. The zero-order chi connectivity index (χ0) is 36.6. The molecule has 12 nitrogen and oxygen atoms in total. The fourth-order valence-corrected chi connectivity index (χ4v) is 5.40. The van der Waals surface area contributed by atoms with Crippen LogP contribution in [-0.4, -0.2) is 75.1 Å². The van der Waals surface area contributed by atoms with Crippen LogP contribution in [0.3, 0.4) is 0 Å². The second-order valence-electron chi connectivity index (χ2n) is 10.7. The van der Waals surface area contributed by atoms with Crippen molar-refractivity contribution in [3.63, 3.8) is 0 Å². The minimum Gasteiger partial charge on any atom is -0.459 e. The van der Waals surface area contributed by atoms with Crippen molar-refractivity contribution in [2.75, 3.05) is 6.61 Å². The summed E-state index contributed by atoms with van der Waals surface area (Å²) in [6.45, 7) is -0.912. The van der Waals surface area contributed by atoms with Gasteiger partial charge < -0.3 is 23.7 Å². The predicted molar refractivity (Wildman–Crippen MR) is 168 cm³/mol. The number of carbonyl (C=O) groups excluding carboxylic acids is 4. The van der Waals surface area contributed by atoms with E-state index in [2.05, 4.69) is 4.18 Å². The van der Waals surface area contributed by atoms with Crippen molar-refractivity contribution in [3.05, 3.63) is 144 Å². The second-order valence-corrected chi connectivity index (χ2v) is 12.3. The number of carbonyl (C=O) groups is 4. The monoisotopic (exact) mass is 728 g/mol. The lowest BCUT2D eigenvalue weighted by molar-refractivity contribution is -0.279. The third kappa shape index (κ3) is 9.16. The summed E-state index contributed by atoms with van der Waals surface area (Å²) in [5.74, 6) is -4.53. The van der Waals surface area contributed by atoms with Gasteiger partial charge in [0.2, 0.25) is 6.29 Å². The molecule has 0 aliphatic carbocycles. The number of ether oxygens (including phenoxy) is 5. The number of halogens is 3. The van der Waals surface area contributed by atoms with Crippen LogP contribution in [-0.2, 0) is 38.0 Å². The van der Waals surface area contributed by atoms with E-state index in [-0.39, 0.29) is 22.3 Å². The lowest BCUT2D eigenvalue weighted by Crippen LogP contribution is -2.63. The van der Waals surface area contributed by atoms with Crippen LogP contribution in [0, 0.1) is 0 Å². The minimum absolute atomic E-state index is 0.0420. The first-order valence-electron chi connectivity index (χ1n) is 15.0. The Hall–Kier alpha value is -5.58. The molecule has 0 N–H and O–H groups in total. The van der Waals surface area contributed by atoms with Gasteiger partial charge in [-0.25, -0.2) is 19.2 Å². The quantitative estimate of drug-likeness (QED) is 0.0871. The molecule has 0 aromatic heterocycles. The zero-order valence-electron chi connectivity index (χ0n) is 26.1. The lowest BCUT2D eigenvalue weighted by Gasteiger charge is -2.43. The van der Waals surface area contributed by atoms with Gasteiger partial charge in [0.1, 0.15) is 12.7 Å². The van der Waals surface area contributed by atoms with E-state index >= 15 is 0 Å². The van der Waals surface area contributed by atoms with E-state index in [9.17, 15) is 40.8 Å². The Kier molecular flexibility index (Phi) is 11.5. The molecule has 1 fully saturated rings. The highest BCUT2D eigenvalue weighted by Crippen LogP contribution is 2.35. The van der Waals surface area contributed by atoms with Gasteiger partial charge in [-0.1, -0.05) is 72.8 Å². The van der Waals surface area contributed by atoms with Crippen LogP contribution in [0.1, 0.15) is 41.4 Å². The third-order valence-electron chi connectivity index (χ3n) is 7.24. The summed E-state index contributed by atoms with van der Waals surface area (Å²) in [4.78, 5) is 52.7. The largest absolute Gasteiger partial charge is 0.523 e. The smallest absolute Gasteiger partial charge is 0.459 e. The normalized spacial score (nSPS) is 20.4. The van der Waals surface area contributed by atoms with Crippen LogP contribution in [0.4, 0.5) is 13.2 Å². The molecule has 1 saturated heterocycles. The maximum Gasteiger partial charge on any atom is 0.523 e. The van der Waals surface area contributed by atoms with Crippen LogP contribution in [0.15, 0.2) is 121 Å². The fraction of sp³-hybridized carbons (Fsp3) is 0.200. The Balaban J connectivity index is 1.60. The number of hydrogen-bond acceptors (Lipinski definition) is 12. The Bertz CT molecular complexity index is 1930. The van der Waals surface area contributed by atoms with Gasteiger partial charge in [0.25, 0.3) is 0 Å². The van der Waals surface area contributed by atoms with Crippen LogP contribution in [0.5, 0.6) is 0 Å². The number of hydrogen-bond donors (Lipinski definition) is 0. The Morgan fingerprint density at radius 2 is 0.922 bits per heavy atom. The molecule has 0 saturated carbocycles. The molecule has 16 heteroatoms. The SMILES string of the molecule is O=C(OC[C@H]1O[C@@H](OC(=O)c2ccccc2)[C@H](OC(=O)c2ccccc2)[C@@H](OS(=O)(=O)C(F)(F)F)[C@@H]1OC(=O)c1ccccc1)c1ccccc1. The number of rotatable bonds is 11. The summed E-state index contributed by atoms with van der Waals surface area (Å²) >= 11 is 0. The molecular weight excluding hydrogens is 701 g/mol. The summed E-state index contributed by atoms with van der Waals surface area (Å²) in [6.07, 6.45) is -11.2. The van der Waals surface area contributed by atoms with Crippen LogP contribution in [0.2, 0.25) is 0 Å². The highest BCUT2D eigenvalue weighted by molar-refractivity contribution is 7.87. The Morgan fingerprint density at radius 3 is 1.33 bits per heavy atom. The van der Waals surface area contributed by atoms with Gasteiger partial charge in [0, 0.05) is 0 Å². The van der Waals surface area contributed by atoms with Gasteiger partial charge in [-0.3, -0.25) is 4.18 Å². The molecule has 0 unspecified atom stereocenters. The zero-order valence-corrected chi connectivity index (χ0v) is 26.9. The second kappa shape index (κ2) is 16.0. The van der Waals surface area contributed by atoms with Gasteiger partial charge in [-0.05, 0) is 48.5 Å². The van der Waals surface area contributed by atoms with E-state index in [0.29, 0.717) is 0 Å². The van der Waals surface area contributed by atoms with Gasteiger partial charge >= 0.3 is 39.5 Å². The molecule has 1 heterocycles. The van der Waals surface area contributed by atoms with Crippen molar-refractivity contribution in [2.45, 2.75) is 36.2 Å². The first-order valence-corrected chi connectivity index (χ1v) is 16.4. The molecule has 1 aliphatic heterocycles. The molecule has 5 atom stereocenters. The average molecular weight is 729 g/mol. The highest BCUT2D eigenvalue weighted by atomic mass is 32.2. The van der Waals surface area contributed by atoms with E-state index in [1.807, 2.05) is 0 Å². The van der Waals surface area contributed by atoms with Crippen molar-refractivity contribution in [3.8, 4) is 0 Å². The van der Waals surface area contributed by atoms with Crippen LogP contribution < -0.4 is 0 Å². The van der Waals surface area contributed by atoms with Crippen molar-refractivity contribution in [1.29, 1.82) is 0 Å². The van der Waals surface area contributed by atoms with Gasteiger partial charge in [0.05, 0.1) is 22.3 Å². The average Bonchev–Trinajstić information content (AvgIpc) is 3.13. The molecule has 4 aromatic carbocycles. The molecule has 51 heavy (non-hydrogen) atoms. The first kappa shape index (κ1) is 36.7. The molecule has 0 bridgehead atoms. The standard InChI is InChI=1S/C35H27F3O12S/c36-35(37,38)51(43,44)50-28-27(47-31(40)23-15-7-2-8-16-23)26(21-45-30(39)22-13-5-1-6-14-22)46-34(49-33(42)25-19-11-4-12-20-25)29(28)48-32(41)24-17-9-3-10-18-24/h1-20,26-29,34H,21H2/t26-,27-,28+,29-,34+/m1/s1. The van der Waals surface area contributed by atoms with Crippen LogP contribution in [0.25, 0.3) is 0 Å². The summed E-state index contributed by atoms with van der Waals surface area (Å²) in [5.41, 5.74) is -6.36. The summed E-state index contributed by atoms with van der Waals surface area (Å²) in [7, 11) is -6.55. The Labute approximate surface area is 288 Å². The Morgan fingerprint density at radius 1 is 0.549 bits per heavy atom. The third-order valence-corrected chi connectivity index (χ3v) is 8.28. The van der Waals surface area contributed by atoms with Crippen LogP contribution >= 0.6 is 0 Å². The maximum atomic E-state index is 13.9. The summed E-state index contributed by atoms with van der Waals surface area (Å²) in [6, 6.07) is 28.6. The molecule has 0 spiro atoms. The number of benzene rings is 4. The molecule has 4 aromatic rings. The molecule has 1 aliphatic rings. The fourth-order valence-electron chi connectivity index (χ4n) is 4.78. The predicted octanol–water partition coefficient (Wildman–Crippen LogP) is 5.11. The van der Waals surface area contributed by atoms with Crippen molar-refractivity contribution in [1.82, 2.24) is 0 Å². The maximum absolute atomic E-state index is 13.9. The molecule has 0 radical (unpaired) electrons. The summed E-state index contributed by atoms with van der Waals surface area (Å²) in [5, 5.41) is 0. The van der Waals surface area contributed by atoms with E-state index in [4.69, 9.17) is 23.7 Å². The summed E-state index contributed by atoms with van der Waals surface area (Å²) < 4.78 is 99.0. The van der Waals surface area contributed by atoms with E-state index < -0.39 is 76.8 Å². The van der Waals surface area contributed by atoms with Crippen molar-refractivity contribution >= 4 is 34.0 Å². The lowest BCUT2D eigenvalue weighted by atomic mass is 9.98. The van der Waals surface area contributed by atoms with Gasteiger partial charge in [-0.15, -0.1) is 0 Å². The topological polar surface area (TPSA) is 158 Å². The van der Waals surface area contributed by atoms with Crippen molar-refractivity contribution in [2.24, 2.45) is 0 Å². The van der Waals surface area contributed by atoms with Gasteiger partial charge in [-0.2, -0.15) is 21.6 Å². The van der Waals surface area contributed by atoms with Gasteiger partial charge in [0.15, 0.2) is 18.3 Å². The minimum atomic E-state index is -6.55. The number of alkyl halides is 3.